The van der Waals surface area contributed by atoms with Crippen LogP contribution in [-0.4, -0.2) is 41.6 Å². The van der Waals surface area contributed by atoms with Crippen LogP contribution < -0.4 is 10.6 Å². The molecule has 2 N–H and O–H groups in total. The number of halogens is 2. The van der Waals surface area contributed by atoms with Gasteiger partial charge in [-0.2, -0.15) is 0 Å². The minimum atomic E-state index is -0.0120. The number of hydrogen-bond donors (Lipinski definition) is 2. The molecule has 0 spiro atoms. The van der Waals surface area contributed by atoms with Crippen LogP contribution in [0.4, 0.5) is 10.5 Å². The second kappa shape index (κ2) is 11.0. The van der Waals surface area contributed by atoms with Crippen molar-refractivity contribution in [3.63, 3.8) is 0 Å². The molecular formula is C19H26Cl2N4O. The number of anilines is 1. The maximum Gasteiger partial charge on any atom is 0.322 e. The van der Waals surface area contributed by atoms with Crippen molar-refractivity contribution in [3.8, 4) is 0 Å². The summed E-state index contributed by atoms with van der Waals surface area (Å²) >= 11 is 0. The number of amides is 2. The summed E-state index contributed by atoms with van der Waals surface area (Å²) in [6, 6.07) is 12.1. The lowest BCUT2D eigenvalue weighted by Crippen LogP contribution is -2.55. The third-order valence-electron chi connectivity index (χ3n) is 4.49. The quantitative estimate of drug-likeness (QED) is 0.828. The number of hydrogen-bond acceptors (Lipinski definition) is 3. The average molecular weight is 397 g/mol. The van der Waals surface area contributed by atoms with E-state index >= 15 is 0 Å². The molecule has 142 valence electrons. The Kier molecular flexibility index (Phi) is 9.41. The first-order valence-corrected chi connectivity index (χ1v) is 8.47. The molecule has 0 saturated carbocycles. The van der Waals surface area contributed by atoms with Gasteiger partial charge in [0.05, 0.1) is 0 Å². The number of carbonyl (C=O) groups is 1. The van der Waals surface area contributed by atoms with Crippen LogP contribution in [0.2, 0.25) is 0 Å². The van der Waals surface area contributed by atoms with Crippen LogP contribution >= 0.6 is 24.8 Å². The molecule has 3 rings (SSSR count). The Morgan fingerprint density at radius 3 is 2.81 bits per heavy atom. The first kappa shape index (κ1) is 22.2. The summed E-state index contributed by atoms with van der Waals surface area (Å²) in [5, 5.41) is 6.45. The number of benzene rings is 1. The molecule has 0 aliphatic carbocycles. The van der Waals surface area contributed by atoms with Crippen LogP contribution in [0.25, 0.3) is 0 Å². The molecule has 0 radical (unpaired) electrons. The van der Waals surface area contributed by atoms with Crippen molar-refractivity contribution in [1.82, 2.24) is 15.2 Å². The molecule has 1 saturated heterocycles. The van der Waals surface area contributed by atoms with Gasteiger partial charge in [-0.05, 0) is 43.0 Å². The Hall–Kier alpha value is -1.82. The van der Waals surface area contributed by atoms with Crippen LogP contribution in [0.1, 0.15) is 17.5 Å². The summed E-state index contributed by atoms with van der Waals surface area (Å²) < 4.78 is 0. The Morgan fingerprint density at radius 1 is 1.27 bits per heavy atom. The highest BCUT2D eigenvalue weighted by molar-refractivity contribution is 5.90. The molecule has 26 heavy (non-hydrogen) atoms. The summed E-state index contributed by atoms with van der Waals surface area (Å²) in [5.74, 6) is 0. The largest absolute Gasteiger partial charge is 0.322 e. The third-order valence-corrected chi connectivity index (χ3v) is 4.49. The first-order chi connectivity index (χ1) is 11.7. The van der Waals surface area contributed by atoms with Crippen molar-refractivity contribution in [2.75, 3.05) is 25.0 Å². The van der Waals surface area contributed by atoms with E-state index < -0.39 is 0 Å². The number of rotatable bonds is 4. The second-order valence-electron chi connectivity index (χ2n) is 6.20. The smallest absolute Gasteiger partial charge is 0.319 e. The minimum Gasteiger partial charge on any atom is -0.319 e. The number of aryl methyl sites for hydroxylation is 2. The number of piperazine rings is 1. The van der Waals surface area contributed by atoms with Gasteiger partial charge in [0.2, 0.25) is 0 Å². The van der Waals surface area contributed by atoms with Crippen molar-refractivity contribution < 1.29 is 4.79 Å². The van der Waals surface area contributed by atoms with Crippen molar-refractivity contribution >= 4 is 36.5 Å². The molecule has 1 aromatic carbocycles. The van der Waals surface area contributed by atoms with E-state index in [4.69, 9.17) is 0 Å². The Morgan fingerprint density at radius 2 is 2.08 bits per heavy atom. The van der Waals surface area contributed by atoms with Gasteiger partial charge in [-0.25, -0.2) is 4.79 Å². The van der Waals surface area contributed by atoms with Crippen LogP contribution in [0, 0.1) is 6.92 Å². The summed E-state index contributed by atoms with van der Waals surface area (Å²) in [5.41, 5.74) is 3.17. The second-order valence-corrected chi connectivity index (χ2v) is 6.20. The van der Waals surface area contributed by atoms with Gasteiger partial charge in [0, 0.05) is 43.8 Å². The fourth-order valence-corrected chi connectivity index (χ4v) is 3.07. The minimum absolute atomic E-state index is 0. The summed E-state index contributed by atoms with van der Waals surface area (Å²) in [7, 11) is 0. The monoisotopic (exact) mass is 396 g/mol. The fourth-order valence-electron chi connectivity index (χ4n) is 3.07. The zero-order valence-electron chi connectivity index (χ0n) is 14.9. The van der Waals surface area contributed by atoms with Gasteiger partial charge in [0.25, 0.3) is 0 Å². The molecule has 1 unspecified atom stereocenters. The van der Waals surface area contributed by atoms with E-state index in [1.54, 1.807) is 6.20 Å². The van der Waals surface area contributed by atoms with E-state index in [0.717, 1.165) is 43.7 Å². The number of nitrogens with one attached hydrogen (secondary N) is 2. The lowest BCUT2D eigenvalue weighted by molar-refractivity contribution is 0.166. The maximum atomic E-state index is 12.7. The average Bonchev–Trinajstić information content (AvgIpc) is 2.63. The molecule has 0 bridgehead atoms. The Bertz CT molecular complexity index is 684. The van der Waals surface area contributed by atoms with Gasteiger partial charge >= 0.3 is 6.03 Å². The number of aromatic nitrogens is 1. The predicted molar refractivity (Wildman–Crippen MR) is 111 cm³/mol. The molecule has 1 aliphatic rings. The predicted octanol–water partition coefficient (Wildman–Crippen LogP) is 3.67. The normalized spacial score (nSPS) is 16.2. The van der Waals surface area contributed by atoms with Crippen molar-refractivity contribution in [3.05, 3.63) is 59.9 Å². The molecule has 1 aliphatic heterocycles. The Balaban J connectivity index is 0.00000169. The van der Waals surface area contributed by atoms with Crippen LogP contribution in [0.3, 0.4) is 0 Å². The highest BCUT2D eigenvalue weighted by atomic mass is 35.5. The van der Waals surface area contributed by atoms with Gasteiger partial charge in [-0.15, -0.1) is 24.8 Å². The molecular weight excluding hydrogens is 371 g/mol. The number of urea groups is 1. The fraction of sp³-hybridized carbons (Fsp3) is 0.368. The van der Waals surface area contributed by atoms with Gasteiger partial charge in [-0.1, -0.05) is 24.3 Å². The standard InChI is InChI=1S/C19H24N4O.2ClH/c1-15-5-2-3-7-18(15)22-19(24)23-12-11-21-14-17(23)9-8-16-6-4-10-20-13-16;;/h2-7,10,13,17,21H,8-9,11-12,14H2,1H3,(H,22,24);2*1H. The van der Waals surface area contributed by atoms with E-state index in [0.29, 0.717) is 0 Å². The number of pyridine rings is 1. The molecule has 1 atom stereocenters. The molecule has 2 aromatic rings. The molecule has 1 fully saturated rings. The summed E-state index contributed by atoms with van der Waals surface area (Å²) in [6.45, 7) is 4.41. The van der Waals surface area contributed by atoms with Crippen molar-refractivity contribution in [2.24, 2.45) is 0 Å². The number of carbonyl (C=O) groups excluding carboxylic acids is 1. The lowest BCUT2D eigenvalue weighted by Gasteiger charge is -2.36. The first-order valence-electron chi connectivity index (χ1n) is 8.47. The van der Waals surface area contributed by atoms with Gasteiger partial charge in [0.1, 0.15) is 0 Å². The van der Waals surface area contributed by atoms with Crippen LogP contribution in [-0.2, 0) is 6.42 Å². The molecule has 7 heteroatoms. The van der Waals surface area contributed by atoms with Crippen molar-refractivity contribution in [2.45, 2.75) is 25.8 Å². The highest BCUT2D eigenvalue weighted by Crippen LogP contribution is 2.17. The third kappa shape index (κ3) is 5.87. The molecule has 1 aromatic heterocycles. The topological polar surface area (TPSA) is 57.3 Å². The van der Waals surface area contributed by atoms with Gasteiger partial charge in [0.15, 0.2) is 0 Å². The zero-order valence-corrected chi connectivity index (χ0v) is 16.5. The Labute approximate surface area is 167 Å². The summed E-state index contributed by atoms with van der Waals surface area (Å²) in [4.78, 5) is 18.8. The van der Waals surface area contributed by atoms with Crippen molar-refractivity contribution in [1.29, 1.82) is 0 Å². The van der Waals surface area contributed by atoms with E-state index in [-0.39, 0.29) is 36.9 Å². The number of nitrogens with zero attached hydrogens (tertiary/aromatic N) is 2. The highest BCUT2D eigenvalue weighted by Gasteiger charge is 2.26. The number of para-hydroxylation sites is 1. The SMILES string of the molecule is Cc1ccccc1NC(=O)N1CCNCC1CCc1cccnc1.Cl.Cl. The van der Waals surface area contributed by atoms with Crippen LogP contribution in [0.15, 0.2) is 48.8 Å². The molecule has 5 nitrogen and oxygen atoms in total. The maximum absolute atomic E-state index is 12.7. The van der Waals surface area contributed by atoms with Gasteiger partial charge < -0.3 is 15.5 Å². The molecule has 2 heterocycles. The van der Waals surface area contributed by atoms with E-state index in [9.17, 15) is 4.79 Å². The zero-order chi connectivity index (χ0) is 16.8. The van der Waals surface area contributed by atoms with E-state index in [2.05, 4.69) is 21.7 Å². The molecule has 2 amide bonds. The summed E-state index contributed by atoms with van der Waals surface area (Å²) in [6.07, 6.45) is 5.54. The van der Waals surface area contributed by atoms with Gasteiger partial charge in [-0.3, -0.25) is 4.98 Å². The van der Waals surface area contributed by atoms with E-state index in [1.165, 1.54) is 5.56 Å². The van der Waals surface area contributed by atoms with E-state index in [1.807, 2.05) is 48.4 Å². The lowest BCUT2D eigenvalue weighted by atomic mass is 10.0. The van der Waals surface area contributed by atoms with Crippen LogP contribution in [0.5, 0.6) is 0 Å².